The number of fused-ring (bicyclic) bond motifs is 1. The monoisotopic (exact) mass is 967 g/mol. The number of hydrogen-bond acceptors (Lipinski definition) is 20. The summed E-state index contributed by atoms with van der Waals surface area (Å²) in [5, 5.41) is 46.2. The van der Waals surface area contributed by atoms with Crippen molar-refractivity contribution in [3.63, 3.8) is 0 Å². The van der Waals surface area contributed by atoms with Gasteiger partial charge in [0.2, 0.25) is 11.8 Å². The maximum absolute atomic E-state index is 12.7. The number of aromatic nitrogens is 4. The summed E-state index contributed by atoms with van der Waals surface area (Å²) in [6.07, 6.45) is -6.07. The van der Waals surface area contributed by atoms with Gasteiger partial charge in [-0.15, -0.1) is 11.8 Å². The molecule has 1 fully saturated rings. The Balaban J connectivity index is 1.48. The molecule has 3 heterocycles. The number of phosphoric ester groups is 3. The molecule has 27 nitrogen and oxygen atoms in total. The number of ether oxygens (including phenoxy) is 1. The molecule has 352 valence electrons. The third-order valence-electron chi connectivity index (χ3n) is 8.94. The van der Waals surface area contributed by atoms with E-state index in [9.17, 15) is 67.8 Å². The summed E-state index contributed by atoms with van der Waals surface area (Å²) in [5.74, 6) is -3.04. The van der Waals surface area contributed by atoms with Crippen LogP contribution in [-0.4, -0.2) is 144 Å². The Hall–Kier alpha value is -3.01. The van der Waals surface area contributed by atoms with Gasteiger partial charge < -0.3 is 61.1 Å². The minimum atomic E-state index is -5.61. The summed E-state index contributed by atoms with van der Waals surface area (Å²) in [5.41, 5.74) is 4.18. The van der Waals surface area contributed by atoms with Crippen LogP contribution in [0.25, 0.3) is 11.2 Å². The van der Waals surface area contributed by atoms with Crippen LogP contribution in [0.15, 0.2) is 12.7 Å². The molecule has 0 radical (unpaired) electrons. The number of nitrogens with one attached hydrogen (secondary N) is 2. The molecule has 0 saturated carbocycles. The maximum Gasteiger partial charge on any atom is 0.481 e. The van der Waals surface area contributed by atoms with Crippen molar-refractivity contribution in [2.24, 2.45) is 5.41 Å². The molecule has 31 heteroatoms. The molecular formula is C31H52N7O20P3S. The maximum atomic E-state index is 12.7. The van der Waals surface area contributed by atoms with Crippen LogP contribution in [0.1, 0.15) is 71.9 Å². The second kappa shape index (κ2) is 22.7. The van der Waals surface area contributed by atoms with Crippen molar-refractivity contribution in [3.05, 3.63) is 12.7 Å². The van der Waals surface area contributed by atoms with E-state index in [0.717, 1.165) is 29.0 Å². The lowest BCUT2D eigenvalue weighted by atomic mass is 9.87. The molecule has 0 bridgehead atoms. The van der Waals surface area contributed by atoms with Gasteiger partial charge in [-0.2, -0.15) is 4.31 Å². The number of rotatable bonds is 28. The SMILES string of the molecule is CCCCC(=O)C(O)(CCCC(=O)O)SCCNC(=O)CCNC(=O)C(O)C(C)(C)COP(=O)(O)OP(=O)(O)OC[C@H]1O[C@@H](n2cnc3c(N)ncnc32)[C@H](O)[C@@H]1OP(=O)(O)O. The second-order valence-corrected chi connectivity index (χ2v) is 20.1. The average Bonchev–Trinajstić information content (AvgIpc) is 3.73. The number of aliphatic hydroxyl groups is 3. The summed E-state index contributed by atoms with van der Waals surface area (Å²) in [6.45, 7) is 1.96. The molecular weight excluding hydrogens is 915 g/mol. The molecule has 0 spiro atoms. The Morgan fingerprint density at radius 1 is 1.00 bits per heavy atom. The van der Waals surface area contributed by atoms with E-state index in [-0.39, 0.29) is 67.9 Å². The number of aliphatic carboxylic acids is 1. The molecule has 1 aliphatic rings. The van der Waals surface area contributed by atoms with Crippen molar-refractivity contribution in [1.82, 2.24) is 30.2 Å². The lowest BCUT2D eigenvalue weighted by molar-refractivity contribution is -0.138. The van der Waals surface area contributed by atoms with E-state index in [4.69, 9.17) is 24.6 Å². The zero-order valence-corrected chi connectivity index (χ0v) is 37.1. The van der Waals surface area contributed by atoms with Crippen LogP contribution < -0.4 is 16.4 Å². The van der Waals surface area contributed by atoms with E-state index in [1.165, 1.54) is 13.8 Å². The smallest absolute Gasteiger partial charge is 0.481 e. The van der Waals surface area contributed by atoms with Crippen molar-refractivity contribution in [2.45, 2.75) is 101 Å². The van der Waals surface area contributed by atoms with Crippen LogP contribution in [-0.2, 0) is 55.5 Å². The first-order valence-electron chi connectivity index (χ1n) is 18.7. The van der Waals surface area contributed by atoms with Gasteiger partial charge in [0.25, 0.3) is 0 Å². The van der Waals surface area contributed by atoms with Gasteiger partial charge in [0.15, 0.2) is 28.4 Å². The topological polar surface area (TPSA) is 421 Å². The Kier molecular flexibility index (Phi) is 19.6. The minimum Gasteiger partial charge on any atom is -0.481 e. The van der Waals surface area contributed by atoms with Crippen molar-refractivity contribution >= 4 is 75.8 Å². The number of amides is 2. The fourth-order valence-electron chi connectivity index (χ4n) is 5.65. The molecule has 3 rings (SSSR count). The number of hydrogen-bond donors (Lipinski definition) is 11. The summed E-state index contributed by atoms with van der Waals surface area (Å²) in [4.78, 5) is 97.7. The van der Waals surface area contributed by atoms with Gasteiger partial charge in [-0.25, -0.2) is 28.6 Å². The normalized spacial score (nSPS) is 21.7. The molecule has 1 saturated heterocycles. The predicted octanol–water partition coefficient (Wildman–Crippen LogP) is -0.159. The molecule has 8 atom stereocenters. The van der Waals surface area contributed by atoms with Crippen molar-refractivity contribution in [2.75, 3.05) is 37.8 Å². The van der Waals surface area contributed by atoms with Gasteiger partial charge in [-0.3, -0.25) is 37.3 Å². The zero-order chi connectivity index (χ0) is 46.7. The fraction of sp³-hybridized carbons (Fsp3) is 0.710. The highest BCUT2D eigenvalue weighted by Crippen LogP contribution is 2.61. The highest BCUT2D eigenvalue weighted by atomic mass is 32.2. The van der Waals surface area contributed by atoms with Crippen LogP contribution >= 0.6 is 35.2 Å². The van der Waals surface area contributed by atoms with Crippen molar-refractivity contribution in [3.8, 4) is 0 Å². The number of imidazole rings is 1. The lowest BCUT2D eigenvalue weighted by Gasteiger charge is -2.30. The quantitative estimate of drug-likeness (QED) is 0.0300. The second-order valence-electron chi connectivity index (χ2n) is 14.5. The van der Waals surface area contributed by atoms with Gasteiger partial charge in [0.05, 0.1) is 19.5 Å². The third kappa shape index (κ3) is 16.2. The van der Waals surface area contributed by atoms with E-state index in [2.05, 4.69) is 34.4 Å². The van der Waals surface area contributed by atoms with E-state index < -0.39 is 101 Å². The minimum absolute atomic E-state index is 0.0155. The third-order valence-corrected chi connectivity index (χ3v) is 13.4. The van der Waals surface area contributed by atoms with Crippen molar-refractivity contribution in [1.29, 1.82) is 0 Å². The van der Waals surface area contributed by atoms with E-state index in [1.54, 1.807) is 0 Å². The lowest BCUT2D eigenvalue weighted by Crippen LogP contribution is -2.46. The molecule has 0 aromatic carbocycles. The standard InChI is InChI=1S/C31H52N7O20P3S/c1-4-5-7-19(39)31(46,10-6-8-21(41)42)62-13-12-33-20(40)9-11-34-28(45)25(44)30(2,3)15-55-61(52,53)58-60(50,51)54-14-18-24(57-59(47,48)49)23(43)29(56-18)38-17-37-22-26(32)35-16-36-27(22)38/h16-18,23-25,29,43-44,46H,4-15H2,1-3H3,(H,33,40)(H,34,45)(H,41,42)(H,50,51)(H,52,53)(H2,32,35,36)(H2,47,48,49)/t18-,23-,24-,25?,29-,31?/m1/s1. The number of carboxylic acids is 1. The van der Waals surface area contributed by atoms with Gasteiger partial charge in [-0.1, -0.05) is 27.2 Å². The number of Topliss-reactive ketones (excluding diaryl/α,β-unsaturated/α-hetero) is 1. The Morgan fingerprint density at radius 3 is 2.32 bits per heavy atom. The molecule has 0 aliphatic carbocycles. The van der Waals surface area contributed by atoms with E-state index in [1.807, 2.05) is 6.92 Å². The first-order valence-corrected chi connectivity index (χ1v) is 24.2. The molecule has 1 aliphatic heterocycles. The van der Waals surface area contributed by atoms with Crippen molar-refractivity contribution < 1.29 is 95.5 Å². The molecule has 62 heavy (non-hydrogen) atoms. The molecule has 2 aromatic rings. The zero-order valence-electron chi connectivity index (χ0n) is 33.6. The summed E-state index contributed by atoms with van der Waals surface area (Å²) >= 11 is 0.880. The van der Waals surface area contributed by atoms with Crippen LogP contribution in [0.3, 0.4) is 0 Å². The van der Waals surface area contributed by atoms with Gasteiger partial charge in [-0.05, 0) is 19.3 Å². The molecule has 2 aromatic heterocycles. The van der Waals surface area contributed by atoms with Crippen LogP contribution in [0.2, 0.25) is 0 Å². The van der Waals surface area contributed by atoms with E-state index >= 15 is 0 Å². The Bertz CT molecular complexity index is 2020. The Morgan fingerprint density at radius 2 is 1.68 bits per heavy atom. The highest BCUT2D eigenvalue weighted by molar-refractivity contribution is 8.01. The summed E-state index contributed by atoms with van der Waals surface area (Å²) < 4.78 is 62.2. The summed E-state index contributed by atoms with van der Waals surface area (Å²) in [6, 6.07) is 0. The first kappa shape index (κ1) is 53.3. The summed E-state index contributed by atoms with van der Waals surface area (Å²) in [7, 11) is -16.5. The Labute approximate surface area is 357 Å². The molecule has 2 amide bonds. The molecule has 4 unspecified atom stereocenters. The number of carbonyl (C=O) groups excluding carboxylic acids is 3. The largest absolute Gasteiger partial charge is 0.481 e. The number of carbonyl (C=O) groups is 4. The number of thioether (sulfide) groups is 1. The fourth-order valence-corrected chi connectivity index (χ4v) is 9.58. The van der Waals surface area contributed by atoms with E-state index in [0.29, 0.717) is 12.8 Å². The number of nitrogen functional groups attached to an aromatic ring is 1. The molecule has 12 N–H and O–H groups in total. The van der Waals surface area contributed by atoms with Crippen LogP contribution in [0.5, 0.6) is 0 Å². The predicted molar refractivity (Wildman–Crippen MR) is 213 cm³/mol. The number of nitrogens with two attached hydrogens (primary N) is 1. The highest BCUT2D eigenvalue weighted by Gasteiger charge is 2.50. The first-order chi connectivity index (χ1) is 28.7. The number of phosphoric acid groups is 3. The number of ketones is 1. The van der Waals surface area contributed by atoms with Gasteiger partial charge in [0, 0.05) is 43.5 Å². The number of aliphatic hydroxyl groups excluding tert-OH is 2. The van der Waals surface area contributed by atoms with Gasteiger partial charge in [0.1, 0.15) is 36.3 Å². The number of unbranched alkanes of at least 4 members (excludes halogenated alkanes) is 1. The average molecular weight is 968 g/mol. The van der Waals surface area contributed by atoms with Gasteiger partial charge >= 0.3 is 29.4 Å². The number of nitrogens with zero attached hydrogens (tertiary/aromatic N) is 4. The number of anilines is 1. The number of carboxylic acid groups (broad SMARTS) is 1. The van der Waals surface area contributed by atoms with Crippen LogP contribution in [0, 0.1) is 5.41 Å². The van der Waals surface area contributed by atoms with Crippen LogP contribution in [0.4, 0.5) is 5.82 Å².